The minimum absolute atomic E-state index is 0.0134. The van der Waals surface area contributed by atoms with E-state index in [9.17, 15) is 14.4 Å². The van der Waals surface area contributed by atoms with Gasteiger partial charge in [0.15, 0.2) is 0 Å². The van der Waals surface area contributed by atoms with Gasteiger partial charge in [-0.1, -0.05) is 190 Å². The van der Waals surface area contributed by atoms with Gasteiger partial charge in [-0.15, -0.1) is 0 Å². The highest BCUT2D eigenvalue weighted by molar-refractivity contribution is 9.10. The number of benzene rings is 8. The number of para-hydroxylation sites is 1. The van der Waals surface area contributed by atoms with Crippen LogP contribution in [0.4, 0.5) is 0 Å². The summed E-state index contributed by atoms with van der Waals surface area (Å²) in [5, 5.41) is 17.0. The minimum atomic E-state index is -0.581. The average molecular weight is 1210 g/mol. The van der Waals surface area contributed by atoms with E-state index >= 15 is 0 Å². The van der Waals surface area contributed by atoms with Crippen LogP contribution in [0.2, 0.25) is 0 Å². The van der Waals surface area contributed by atoms with E-state index in [0.717, 1.165) is 79.0 Å². The fourth-order valence-corrected chi connectivity index (χ4v) is 10.5. The Balaban J connectivity index is 0.000000203. The van der Waals surface area contributed by atoms with Crippen LogP contribution in [-0.4, -0.2) is 51.4 Å². The molecule has 2 amide bonds. The van der Waals surface area contributed by atoms with Gasteiger partial charge >= 0.3 is 19.8 Å². The highest BCUT2D eigenvalue weighted by Gasteiger charge is 2.23. The third-order valence-electron chi connectivity index (χ3n) is 14.3. The molecule has 2 unspecified atom stereocenters. The van der Waals surface area contributed by atoms with E-state index in [1.165, 1.54) is 5.56 Å². The first-order valence-electron chi connectivity index (χ1n) is 28.6. The van der Waals surface area contributed by atoms with Gasteiger partial charge in [0.05, 0.1) is 17.6 Å². The summed E-state index contributed by atoms with van der Waals surface area (Å²) in [6.07, 6.45) is 6.03. The Kier molecular flexibility index (Phi) is 23.0. The van der Waals surface area contributed by atoms with Gasteiger partial charge in [0.2, 0.25) is 0 Å². The number of hydrogen-bond donors (Lipinski definition) is 3. The zero-order valence-corrected chi connectivity index (χ0v) is 51.5. The van der Waals surface area contributed by atoms with Crippen LogP contribution in [0.5, 0.6) is 5.75 Å². The van der Waals surface area contributed by atoms with E-state index in [2.05, 4.69) is 113 Å². The quantitative estimate of drug-likeness (QED) is 0.0637. The molecule has 0 spiro atoms. The SMILES string of the molecule is CC(C)(C)c1ccccc1O[B]O.CCC(NC(=O)c1ccc2c(ccn2Cc2ccccc2-c2ccccc2C(=O)OC(C)(C)C)c1)c1ccccc1.CCC(NC(=O)c1ccc2c(ccn2Cc2ccccc2Br)c1)c1ccccc1.O=C=O. The Morgan fingerprint density at radius 2 is 1.00 bits per heavy atom. The van der Waals surface area contributed by atoms with Crippen LogP contribution in [0, 0.1) is 0 Å². The summed E-state index contributed by atoms with van der Waals surface area (Å²) in [5.41, 5.74) is 10.9. The van der Waals surface area contributed by atoms with Gasteiger partial charge in [0.25, 0.3) is 11.8 Å². The zero-order valence-electron chi connectivity index (χ0n) is 49.9. The van der Waals surface area contributed by atoms with Gasteiger partial charge in [-0.25, -0.2) is 4.79 Å². The number of amides is 2. The van der Waals surface area contributed by atoms with Gasteiger partial charge in [-0.3, -0.25) is 9.59 Å². The predicted octanol–water partition coefficient (Wildman–Crippen LogP) is 15.8. The number of carbonyl (C=O) groups is 3. The molecule has 8 aromatic carbocycles. The molecule has 0 saturated carbocycles. The molecule has 0 aliphatic rings. The maximum Gasteiger partial charge on any atom is 0.569 e. The van der Waals surface area contributed by atoms with Crippen molar-refractivity contribution >= 4 is 69.4 Å². The molecule has 2 heterocycles. The first-order chi connectivity index (χ1) is 41.4. The lowest BCUT2D eigenvalue weighted by atomic mass is 9.86. The molecular weight excluding hydrogens is 1140 g/mol. The van der Waals surface area contributed by atoms with Crippen molar-refractivity contribution in [2.75, 3.05) is 0 Å². The van der Waals surface area contributed by atoms with E-state index in [-0.39, 0.29) is 41.4 Å². The normalized spacial score (nSPS) is 11.7. The van der Waals surface area contributed by atoms with Crippen LogP contribution < -0.4 is 15.3 Å². The maximum absolute atomic E-state index is 13.1. The van der Waals surface area contributed by atoms with Crippen molar-refractivity contribution in [3.8, 4) is 16.9 Å². The zero-order chi connectivity index (χ0) is 61.8. The van der Waals surface area contributed by atoms with Crippen LogP contribution in [0.25, 0.3) is 32.9 Å². The molecule has 0 saturated heterocycles. The number of nitrogens with zero attached hydrogens (tertiary/aromatic N) is 2. The summed E-state index contributed by atoms with van der Waals surface area (Å²) in [4.78, 5) is 55.3. The molecule has 0 fully saturated rings. The van der Waals surface area contributed by atoms with E-state index in [4.69, 9.17) is 24.0 Å². The molecule has 14 heteroatoms. The van der Waals surface area contributed by atoms with Crippen molar-refractivity contribution in [3.05, 3.63) is 268 Å². The van der Waals surface area contributed by atoms with Gasteiger partial charge in [-0.05, 0) is 145 Å². The standard InChI is InChI=1S/C36H36N2O3.C25H23BrN2O.C10H14BO2.CO2/c1-5-32(25-13-7-6-8-14-25)37-34(39)27-19-20-33-26(23-27)21-22-38(33)24-28-15-9-10-16-29(28)30-17-11-12-18-31(30)35(40)41-36(2,3)4;1-2-23(18-8-4-3-5-9-18)27-25(29)20-12-13-24-19(16-20)14-15-28(24)17-21-10-6-7-11-22(21)26;1-10(2,3)8-6-4-5-7-9(8)13-11-12;2-1-3/h6-23,32H,5,24H2,1-4H3,(H,37,39);3-16,23H,2,17H2,1H3,(H,27,29);4-7,12H,1-3H3;. The second kappa shape index (κ2) is 30.7. The number of ether oxygens (including phenoxy) is 1. The number of aromatic nitrogens is 2. The molecule has 439 valence electrons. The summed E-state index contributed by atoms with van der Waals surface area (Å²) >= 11 is 3.62. The first kappa shape index (κ1) is 64.5. The Morgan fingerprint density at radius 1 is 0.558 bits per heavy atom. The first-order valence-corrected chi connectivity index (χ1v) is 29.4. The molecule has 3 N–H and O–H groups in total. The molecule has 10 aromatic rings. The number of esters is 1. The fraction of sp³-hybridized carbons (Fsp3) is 0.222. The molecule has 86 heavy (non-hydrogen) atoms. The molecule has 2 atom stereocenters. The lowest BCUT2D eigenvalue weighted by Gasteiger charge is -2.22. The lowest BCUT2D eigenvalue weighted by Crippen LogP contribution is -2.28. The summed E-state index contributed by atoms with van der Waals surface area (Å²) in [7, 11) is 0.713. The molecule has 0 bridgehead atoms. The second-order valence-corrected chi connectivity index (χ2v) is 23.3. The average Bonchev–Trinajstić information content (AvgIpc) is 3.27. The largest absolute Gasteiger partial charge is 0.569 e. The summed E-state index contributed by atoms with van der Waals surface area (Å²) in [5.74, 6) is 0.246. The number of carbonyl (C=O) groups excluding carboxylic acids is 5. The van der Waals surface area contributed by atoms with Crippen molar-refractivity contribution in [1.29, 1.82) is 0 Å². The number of fused-ring (bicyclic) bond motifs is 2. The molecule has 10 rings (SSSR count). The summed E-state index contributed by atoms with van der Waals surface area (Å²) in [6.45, 7) is 17.5. The van der Waals surface area contributed by atoms with Crippen molar-refractivity contribution in [1.82, 2.24) is 19.8 Å². The highest BCUT2D eigenvalue weighted by atomic mass is 79.9. The smallest absolute Gasteiger partial charge is 0.537 e. The van der Waals surface area contributed by atoms with Crippen LogP contribution in [-0.2, 0) is 32.8 Å². The summed E-state index contributed by atoms with van der Waals surface area (Å²) < 4.78 is 16.2. The van der Waals surface area contributed by atoms with Gasteiger partial charge < -0.3 is 34.2 Å². The van der Waals surface area contributed by atoms with Crippen molar-refractivity contribution in [3.63, 3.8) is 0 Å². The van der Waals surface area contributed by atoms with Gasteiger partial charge in [0.1, 0.15) is 11.4 Å². The van der Waals surface area contributed by atoms with E-state index < -0.39 is 5.60 Å². The molecule has 0 aliphatic carbocycles. The van der Waals surface area contributed by atoms with Crippen molar-refractivity contribution in [2.24, 2.45) is 0 Å². The monoisotopic (exact) mass is 1210 g/mol. The predicted molar refractivity (Wildman–Crippen MR) is 346 cm³/mol. The van der Waals surface area contributed by atoms with E-state index in [1.54, 1.807) is 0 Å². The van der Waals surface area contributed by atoms with Crippen LogP contribution in [0.15, 0.2) is 223 Å². The van der Waals surface area contributed by atoms with Crippen molar-refractivity contribution in [2.45, 2.75) is 104 Å². The Labute approximate surface area is 513 Å². The molecule has 1 radical (unpaired) electrons. The number of rotatable bonds is 16. The number of nitrogens with one attached hydrogen (secondary N) is 2. The van der Waals surface area contributed by atoms with E-state index in [1.807, 2.05) is 197 Å². The molecular formula is C72H73BBrN4O8. The van der Waals surface area contributed by atoms with Gasteiger partial charge in [-0.2, -0.15) is 9.59 Å². The Bertz CT molecular complexity index is 3900. The highest BCUT2D eigenvalue weighted by Crippen LogP contribution is 2.33. The summed E-state index contributed by atoms with van der Waals surface area (Å²) in [6, 6.07) is 67.6. The topological polar surface area (TPSA) is 158 Å². The maximum atomic E-state index is 13.1. The molecule has 0 aliphatic heterocycles. The minimum Gasteiger partial charge on any atom is -0.537 e. The molecule has 2 aromatic heterocycles. The Hall–Kier alpha value is -9.07. The second-order valence-electron chi connectivity index (χ2n) is 22.5. The van der Waals surface area contributed by atoms with E-state index in [0.29, 0.717) is 36.7 Å². The lowest BCUT2D eigenvalue weighted by molar-refractivity contribution is -0.191. The van der Waals surface area contributed by atoms with Gasteiger partial charge in [0, 0.05) is 62.9 Å². The van der Waals surface area contributed by atoms with Crippen LogP contribution in [0.3, 0.4) is 0 Å². The molecule has 12 nitrogen and oxygen atoms in total. The van der Waals surface area contributed by atoms with Crippen LogP contribution >= 0.6 is 15.9 Å². The van der Waals surface area contributed by atoms with Crippen LogP contribution in [0.1, 0.15) is 139 Å². The number of hydrogen-bond acceptors (Lipinski definition) is 8. The third-order valence-corrected chi connectivity index (χ3v) is 15.0. The fourth-order valence-electron chi connectivity index (χ4n) is 10.0. The van der Waals surface area contributed by atoms with Crippen molar-refractivity contribution < 1.29 is 38.4 Å². The Morgan fingerprint density at radius 3 is 1.49 bits per heavy atom. The number of halogens is 1. The third kappa shape index (κ3) is 17.5.